The van der Waals surface area contributed by atoms with Crippen molar-refractivity contribution in [3.05, 3.63) is 35.0 Å². The van der Waals surface area contributed by atoms with E-state index in [1.54, 1.807) is 26.4 Å². The summed E-state index contributed by atoms with van der Waals surface area (Å²) in [6, 6.07) is 3.11. The van der Waals surface area contributed by atoms with Crippen LogP contribution < -0.4 is 14.8 Å². The van der Waals surface area contributed by atoms with Crippen molar-refractivity contribution in [2.24, 2.45) is 10.6 Å². The largest absolute Gasteiger partial charge is 0.496 e. The van der Waals surface area contributed by atoms with E-state index in [2.05, 4.69) is 37.8 Å². The standard InChI is InChI=1S/C22H28ClN3O4/c1-12-16-10-22(11-26(16)20(27)19(24-12)21(2,3)4)9-15(25-30-22)13-7-14(23)18(29-6)8-17(13)28-5/h7-8,16,19,24H,1,9-11H2,2-6H3/t16?,19-,22-/m1/s1. The fourth-order valence-electron chi connectivity index (χ4n) is 4.53. The average molecular weight is 434 g/mol. The fraction of sp³-hybridized carbons (Fsp3) is 0.545. The van der Waals surface area contributed by atoms with Gasteiger partial charge in [0.1, 0.15) is 17.5 Å². The molecule has 1 unspecified atom stereocenters. The smallest absolute Gasteiger partial charge is 0.246 e. The summed E-state index contributed by atoms with van der Waals surface area (Å²) in [5, 5.41) is 8.18. The number of fused-ring (bicyclic) bond motifs is 1. The first-order chi connectivity index (χ1) is 14.1. The molecule has 2 fully saturated rings. The molecule has 0 aliphatic carbocycles. The molecule has 30 heavy (non-hydrogen) atoms. The number of ether oxygens (including phenoxy) is 2. The third-order valence-electron chi connectivity index (χ3n) is 6.15. The number of carbonyl (C=O) groups is 1. The highest BCUT2D eigenvalue weighted by molar-refractivity contribution is 6.32. The van der Waals surface area contributed by atoms with Crippen molar-refractivity contribution >= 4 is 23.2 Å². The van der Waals surface area contributed by atoms with Crippen molar-refractivity contribution < 1.29 is 19.1 Å². The zero-order chi connectivity index (χ0) is 21.8. The summed E-state index contributed by atoms with van der Waals surface area (Å²) in [6.07, 6.45) is 1.19. The number of benzene rings is 1. The molecule has 8 heteroatoms. The van der Waals surface area contributed by atoms with Gasteiger partial charge in [-0.1, -0.05) is 44.1 Å². The van der Waals surface area contributed by atoms with E-state index < -0.39 is 5.60 Å². The van der Waals surface area contributed by atoms with Gasteiger partial charge >= 0.3 is 0 Å². The van der Waals surface area contributed by atoms with E-state index in [4.69, 9.17) is 25.9 Å². The summed E-state index contributed by atoms with van der Waals surface area (Å²) < 4.78 is 10.8. The second-order valence-corrected chi connectivity index (χ2v) is 9.74. The van der Waals surface area contributed by atoms with Gasteiger partial charge in [-0.2, -0.15) is 0 Å². The van der Waals surface area contributed by atoms with E-state index in [-0.39, 0.29) is 23.4 Å². The SMILES string of the molecule is C=C1N[C@@H](C(C)(C)C)C(=O)N2C[C@@]3(CC(c4cc(Cl)c(OC)cc4OC)=NO3)CC12. The Hall–Kier alpha value is -2.41. The van der Waals surface area contributed by atoms with E-state index in [9.17, 15) is 4.79 Å². The molecule has 0 saturated carbocycles. The average Bonchev–Trinajstić information content (AvgIpc) is 3.28. The topological polar surface area (TPSA) is 72.4 Å². The Balaban J connectivity index is 1.59. The van der Waals surface area contributed by atoms with Crippen molar-refractivity contribution in [3.8, 4) is 11.5 Å². The van der Waals surface area contributed by atoms with E-state index in [1.165, 1.54) is 0 Å². The number of hydrogen-bond acceptors (Lipinski definition) is 6. The molecule has 0 aromatic heterocycles. The summed E-state index contributed by atoms with van der Waals surface area (Å²) >= 11 is 6.34. The third kappa shape index (κ3) is 3.29. The van der Waals surface area contributed by atoms with Gasteiger partial charge < -0.3 is 24.5 Å². The van der Waals surface area contributed by atoms with Gasteiger partial charge in [0.25, 0.3) is 0 Å². The van der Waals surface area contributed by atoms with Crippen LogP contribution >= 0.6 is 11.6 Å². The van der Waals surface area contributed by atoms with Crippen LogP contribution in [0.5, 0.6) is 11.5 Å². The molecule has 7 nitrogen and oxygen atoms in total. The van der Waals surface area contributed by atoms with Crippen molar-refractivity contribution in [2.75, 3.05) is 20.8 Å². The fourth-order valence-corrected chi connectivity index (χ4v) is 4.77. The molecule has 3 aliphatic rings. The van der Waals surface area contributed by atoms with Crippen molar-refractivity contribution in [2.45, 2.75) is 51.3 Å². The molecule has 2 saturated heterocycles. The maximum Gasteiger partial charge on any atom is 0.246 e. The summed E-state index contributed by atoms with van der Waals surface area (Å²) in [4.78, 5) is 21.0. The van der Waals surface area contributed by atoms with E-state index in [0.717, 1.165) is 17.0 Å². The molecule has 1 amide bonds. The number of amides is 1. The molecular formula is C22H28ClN3O4. The number of hydrogen-bond donors (Lipinski definition) is 1. The lowest BCUT2D eigenvalue weighted by molar-refractivity contribution is -0.139. The van der Waals surface area contributed by atoms with Crippen LogP contribution in [0.3, 0.4) is 0 Å². The number of methoxy groups -OCH3 is 2. The van der Waals surface area contributed by atoms with Gasteiger partial charge in [-0.25, -0.2) is 0 Å². The van der Waals surface area contributed by atoms with E-state index in [0.29, 0.717) is 35.9 Å². The van der Waals surface area contributed by atoms with Gasteiger partial charge in [0, 0.05) is 30.2 Å². The molecular weight excluding hydrogens is 406 g/mol. The molecule has 1 aromatic rings. The second-order valence-electron chi connectivity index (χ2n) is 9.33. The molecule has 3 aliphatic heterocycles. The van der Waals surface area contributed by atoms with Crippen molar-refractivity contribution in [1.82, 2.24) is 10.2 Å². The Morgan fingerprint density at radius 1 is 1.30 bits per heavy atom. The van der Waals surface area contributed by atoms with Crippen LogP contribution in [0.15, 0.2) is 29.6 Å². The number of halogens is 1. The second kappa shape index (κ2) is 7.08. The van der Waals surface area contributed by atoms with Gasteiger partial charge in [0.05, 0.1) is 37.5 Å². The molecule has 1 N–H and O–H groups in total. The van der Waals surface area contributed by atoms with E-state index in [1.807, 2.05) is 4.90 Å². The quantitative estimate of drug-likeness (QED) is 0.791. The maximum absolute atomic E-state index is 13.2. The number of oxime groups is 1. The normalized spacial score (nSPS) is 28.2. The minimum atomic E-state index is -0.579. The first-order valence-corrected chi connectivity index (χ1v) is 10.4. The third-order valence-corrected chi connectivity index (χ3v) is 6.45. The maximum atomic E-state index is 13.2. The Morgan fingerprint density at radius 2 is 2.00 bits per heavy atom. The lowest BCUT2D eigenvalue weighted by atomic mass is 9.83. The molecule has 3 atom stereocenters. The number of piperazine rings is 1. The first kappa shape index (κ1) is 20.8. The van der Waals surface area contributed by atoms with Gasteiger partial charge in [-0.15, -0.1) is 0 Å². The van der Waals surface area contributed by atoms with Gasteiger partial charge in [0.15, 0.2) is 5.60 Å². The Morgan fingerprint density at radius 3 is 2.63 bits per heavy atom. The predicted octanol–water partition coefficient (Wildman–Crippen LogP) is 3.35. The number of carbonyl (C=O) groups excluding carboxylic acids is 1. The minimum absolute atomic E-state index is 0.0823. The summed E-state index contributed by atoms with van der Waals surface area (Å²) in [7, 11) is 3.15. The highest BCUT2D eigenvalue weighted by atomic mass is 35.5. The number of nitrogens with zero attached hydrogens (tertiary/aromatic N) is 2. The molecule has 3 heterocycles. The molecule has 0 radical (unpaired) electrons. The molecule has 1 aromatic carbocycles. The van der Waals surface area contributed by atoms with Crippen LogP contribution in [0.1, 0.15) is 39.2 Å². The van der Waals surface area contributed by atoms with Crippen LogP contribution in [0, 0.1) is 5.41 Å². The van der Waals surface area contributed by atoms with Crippen LogP contribution in [0.25, 0.3) is 0 Å². The summed E-state index contributed by atoms with van der Waals surface area (Å²) in [5.41, 5.74) is 1.57. The molecule has 1 spiro atoms. The van der Waals surface area contributed by atoms with Crippen LogP contribution in [-0.2, 0) is 9.63 Å². The number of rotatable bonds is 3. The summed E-state index contributed by atoms with van der Waals surface area (Å²) in [6.45, 7) is 10.8. The zero-order valence-corrected chi connectivity index (χ0v) is 18.8. The Labute approximate surface area is 182 Å². The lowest BCUT2D eigenvalue weighted by Gasteiger charge is -2.42. The molecule has 162 valence electrons. The summed E-state index contributed by atoms with van der Waals surface area (Å²) in [5.74, 6) is 1.23. The first-order valence-electron chi connectivity index (χ1n) is 10.0. The highest BCUT2D eigenvalue weighted by Crippen LogP contribution is 2.44. The molecule has 4 rings (SSSR count). The zero-order valence-electron chi connectivity index (χ0n) is 18.0. The number of nitrogens with one attached hydrogen (secondary N) is 1. The van der Waals surface area contributed by atoms with Gasteiger partial charge in [0.2, 0.25) is 5.91 Å². The van der Waals surface area contributed by atoms with Crippen LogP contribution in [0.4, 0.5) is 0 Å². The lowest BCUT2D eigenvalue weighted by Crippen LogP contribution is -2.60. The van der Waals surface area contributed by atoms with Crippen molar-refractivity contribution in [1.29, 1.82) is 0 Å². The monoisotopic (exact) mass is 433 g/mol. The van der Waals surface area contributed by atoms with Gasteiger partial charge in [-0.05, 0) is 11.5 Å². The van der Waals surface area contributed by atoms with Crippen LogP contribution in [-0.4, -0.2) is 55.0 Å². The van der Waals surface area contributed by atoms with Crippen LogP contribution in [0.2, 0.25) is 5.02 Å². The Bertz CT molecular complexity index is 939. The minimum Gasteiger partial charge on any atom is -0.496 e. The predicted molar refractivity (Wildman–Crippen MR) is 115 cm³/mol. The van der Waals surface area contributed by atoms with E-state index >= 15 is 0 Å². The molecule has 0 bridgehead atoms. The Kier molecular flexibility index (Phi) is 4.92. The van der Waals surface area contributed by atoms with Crippen molar-refractivity contribution in [3.63, 3.8) is 0 Å². The highest BCUT2D eigenvalue weighted by Gasteiger charge is 2.56. The van der Waals surface area contributed by atoms with Gasteiger partial charge in [-0.3, -0.25) is 4.79 Å².